The van der Waals surface area contributed by atoms with Gasteiger partial charge in [0.05, 0.1) is 4.90 Å². The molecular weight excluding hydrogens is 328 g/mol. The number of hydrogen-bond acceptors (Lipinski definition) is 6. The third-order valence-electron chi connectivity index (χ3n) is 4.15. The number of aromatic nitrogens is 2. The van der Waals surface area contributed by atoms with Crippen LogP contribution in [0.1, 0.15) is 0 Å². The zero-order valence-electron chi connectivity index (χ0n) is 12.9. The molecule has 1 aromatic carbocycles. The monoisotopic (exact) mass is 344 g/mol. The molecular formula is C16H16N4O3S. The predicted octanol–water partition coefficient (Wildman–Crippen LogP) is 1.73. The lowest BCUT2D eigenvalue weighted by molar-refractivity contribution is 0.384. The maximum atomic E-state index is 12.8. The van der Waals surface area contributed by atoms with Gasteiger partial charge >= 0.3 is 0 Å². The Labute approximate surface area is 139 Å². The molecule has 1 aliphatic rings. The summed E-state index contributed by atoms with van der Waals surface area (Å²) in [4.78, 5) is 10.6. The quantitative estimate of drug-likeness (QED) is 0.720. The minimum Gasteiger partial charge on any atom is -0.443 e. The number of benzene rings is 1. The topological polar surface area (TPSA) is 79.5 Å². The molecule has 0 saturated carbocycles. The van der Waals surface area contributed by atoms with Crippen molar-refractivity contribution in [3.63, 3.8) is 0 Å². The van der Waals surface area contributed by atoms with Crippen molar-refractivity contribution >= 4 is 26.9 Å². The van der Waals surface area contributed by atoms with E-state index >= 15 is 0 Å². The van der Waals surface area contributed by atoms with Crippen molar-refractivity contribution in [3.8, 4) is 0 Å². The van der Waals surface area contributed by atoms with E-state index in [9.17, 15) is 8.42 Å². The zero-order valence-corrected chi connectivity index (χ0v) is 13.7. The van der Waals surface area contributed by atoms with Crippen LogP contribution in [0.4, 0.5) is 5.82 Å². The van der Waals surface area contributed by atoms with Gasteiger partial charge in [-0.3, -0.25) is 0 Å². The molecule has 0 radical (unpaired) electrons. The molecule has 0 amide bonds. The highest BCUT2D eigenvalue weighted by molar-refractivity contribution is 7.89. The first-order chi connectivity index (χ1) is 11.6. The molecule has 0 bridgehead atoms. The van der Waals surface area contributed by atoms with Gasteiger partial charge in [0.15, 0.2) is 12.0 Å². The molecule has 1 fully saturated rings. The molecule has 3 heterocycles. The third-order valence-corrected chi connectivity index (χ3v) is 6.05. The summed E-state index contributed by atoms with van der Waals surface area (Å²) in [7, 11) is -3.54. The largest absolute Gasteiger partial charge is 0.443 e. The lowest BCUT2D eigenvalue weighted by Gasteiger charge is -2.34. The van der Waals surface area contributed by atoms with Gasteiger partial charge in [0.25, 0.3) is 0 Å². The van der Waals surface area contributed by atoms with Gasteiger partial charge < -0.3 is 9.32 Å². The first-order valence-corrected chi connectivity index (χ1v) is 9.08. The van der Waals surface area contributed by atoms with E-state index in [0.717, 1.165) is 5.82 Å². The Balaban J connectivity index is 1.53. The number of rotatable bonds is 3. The van der Waals surface area contributed by atoms with Crippen LogP contribution in [0.25, 0.3) is 11.1 Å². The first-order valence-electron chi connectivity index (χ1n) is 7.64. The van der Waals surface area contributed by atoms with Crippen LogP contribution in [0.3, 0.4) is 0 Å². The summed E-state index contributed by atoms with van der Waals surface area (Å²) < 4.78 is 32.4. The maximum Gasteiger partial charge on any atom is 0.243 e. The fraction of sp³-hybridized carbons (Fsp3) is 0.250. The number of pyridine rings is 1. The highest BCUT2D eigenvalue weighted by Gasteiger charge is 2.29. The molecule has 8 heteroatoms. The van der Waals surface area contributed by atoms with Gasteiger partial charge in [0, 0.05) is 38.4 Å². The highest BCUT2D eigenvalue weighted by Crippen LogP contribution is 2.23. The number of nitrogens with zero attached hydrogens (tertiary/aromatic N) is 4. The third kappa shape index (κ3) is 2.63. The molecule has 2 aromatic heterocycles. The fourth-order valence-electron chi connectivity index (χ4n) is 2.84. The Morgan fingerprint density at radius 2 is 1.83 bits per heavy atom. The minimum absolute atomic E-state index is 0.234. The normalized spacial score (nSPS) is 16.6. The van der Waals surface area contributed by atoms with Crippen LogP contribution < -0.4 is 4.90 Å². The van der Waals surface area contributed by atoms with Gasteiger partial charge in [-0.05, 0) is 24.3 Å². The Morgan fingerprint density at radius 3 is 2.58 bits per heavy atom. The molecule has 3 aromatic rings. The molecule has 124 valence electrons. The van der Waals surface area contributed by atoms with Crippen LogP contribution in [-0.2, 0) is 10.0 Å². The molecule has 0 aliphatic carbocycles. The van der Waals surface area contributed by atoms with Gasteiger partial charge in [-0.1, -0.05) is 6.07 Å². The lowest BCUT2D eigenvalue weighted by Crippen LogP contribution is -2.48. The van der Waals surface area contributed by atoms with Crippen molar-refractivity contribution in [2.45, 2.75) is 4.90 Å². The van der Waals surface area contributed by atoms with Crippen LogP contribution >= 0.6 is 0 Å². The lowest BCUT2D eigenvalue weighted by atomic mass is 10.3. The Bertz CT molecular complexity index is 948. The molecule has 4 rings (SSSR count). The summed E-state index contributed by atoms with van der Waals surface area (Å²) in [5.41, 5.74) is 1.12. The molecule has 0 spiro atoms. The number of anilines is 1. The summed E-state index contributed by atoms with van der Waals surface area (Å²) in [5.74, 6) is 0.873. The van der Waals surface area contributed by atoms with E-state index in [1.54, 1.807) is 18.3 Å². The molecule has 1 aliphatic heterocycles. The molecule has 0 atom stereocenters. The second kappa shape index (κ2) is 5.88. The first kappa shape index (κ1) is 15.1. The minimum atomic E-state index is -3.54. The second-order valence-electron chi connectivity index (χ2n) is 5.56. The molecule has 1 saturated heterocycles. The van der Waals surface area contributed by atoms with Crippen molar-refractivity contribution in [2.75, 3.05) is 31.1 Å². The fourth-order valence-corrected chi connectivity index (χ4v) is 4.28. The van der Waals surface area contributed by atoms with Crippen molar-refractivity contribution in [1.29, 1.82) is 0 Å². The van der Waals surface area contributed by atoms with Crippen molar-refractivity contribution in [1.82, 2.24) is 14.3 Å². The van der Waals surface area contributed by atoms with Gasteiger partial charge in [-0.15, -0.1) is 0 Å². The smallest absolute Gasteiger partial charge is 0.243 e. The summed E-state index contributed by atoms with van der Waals surface area (Å²) in [6, 6.07) is 10.5. The summed E-state index contributed by atoms with van der Waals surface area (Å²) in [5, 5.41) is 0. The van der Waals surface area contributed by atoms with E-state index in [-0.39, 0.29) is 4.90 Å². The average Bonchev–Trinajstić information content (AvgIpc) is 3.10. The number of hydrogen-bond donors (Lipinski definition) is 0. The number of oxazole rings is 1. The van der Waals surface area contributed by atoms with Gasteiger partial charge in [-0.2, -0.15) is 4.31 Å². The summed E-state index contributed by atoms with van der Waals surface area (Å²) >= 11 is 0. The van der Waals surface area contributed by atoms with Crippen LogP contribution in [0, 0.1) is 0 Å². The van der Waals surface area contributed by atoms with E-state index in [0.29, 0.717) is 37.3 Å². The van der Waals surface area contributed by atoms with Crippen LogP contribution in [0.2, 0.25) is 0 Å². The number of sulfonamides is 1. The molecule has 0 N–H and O–H groups in total. The highest BCUT2D eigenvalue weighted by atomic mass is 32.2. The standard InChI is InChI=1S/C16H16N4O3S/c21-24(22,13-4-5-14-15(11-13)23-12-18-14)20-9-7-19(8-10-20)16-3-1-2-6-17-16/h1-6,11-12H,7-10H2. The van der Waals surface area contributed by atoms with Crippen molar-refractivity contribution < 1.29 is 12.8 Å². The van der Waals surface area contributed by atoms with Gasteiger partial charge in [0.2, 0.25) is 10.0 Å². The van der Waals surface area contributed by atoms with Gasteiger partial charge in [-0.25, -0.2) is 18.4 Å². The van der Waals surface area contributed by atoms with Crippen molar-refractivity contribution in [3.05, 3.63) is 49.0 Å². The number of piperazine rings is 1. The van der Waals surface area contributed by atoms with Crippen LogP contribution in [0.5, 0.6) is 0 Å². The van der Waals surface area contributed by atoms with Crippen molar-refractivity contribution in [2.24, 2.45) is 0 Å². The van der Waals surface area contributed by atoms with E-state index in [4.69, 9.17) is 4.42 Å². The van der Waals surface area contributed by atoms with E-state index < -0.39 is 10.0 Å². The van der Waals surface area contributed by atoms with E-state index in [1.165, 1.54) is 16.8 Å². The summed E-state index contributed by atoms with van der Waals surface area (Å²) in [6.45, 7) is 2.07. The SMILES string of the molecule is O=S(=O)(c1ccc2ncoc2c1)N1CCN(c2ccccn2)CC1. The molecule has 7 nitrogen and oxygen atoms in total. The Kier molecular flexibility index (Phi) is 3.70. The maximum absolute atomic E-state index is 12.8. The van der Waals surface area contributed by atoms with E-state index in [2.05, 4.69) is 14.9 Å². The Morgan fingerprint density at radius 1 is 1.00 bits per heavy atom. The average molecular weight is 344 g/mol. The Hall–Kier alpha value is -2.45. The van der Waals surface area contributed by atoms with Crippen LogP contribution in [0.15, 0.2) is 58.3 Å². The molecule has 24 heavy (non-hydrogen) atoms. The molecule has 0 unspecified atom stereocenters. The second-order valence-corrected chi connectivity index (χ2v) is 7.50. The summed E-state index contributed by atoms with van der Waals surface area (Å²) in [6.07, 6.45) is 3.05. The zero-order chi connectivity index (χ0) is 16.6. The number of fused-ring (bicyclic) bond motifs is 1. The van der Waals surface area contributed by atoms with Gasteiger partial charge in [0.1, 0.15) is 11.3 Å². The van der Waals surface area contributed by atoms with Crippen LogP contribution in [-0.4, -0.2) is 48.9 Å². The van der Waals surface area contributed by atoms with E-state index in [1.807, 2.05) is 18.2 Å². The predicted molar refractivity (Wildman–Crippen MR) is 89.2 cm³/mol.